The van der Waals surface area contributed by atoms with Crippen LogP contribution in [-0.4, -0.2) is 19.5 Å². The largest absolute Gasteiger partial charge is 0.309 e. The van der Waals surface area contributed by atoms with Gasteiger partial charge in [0.25, 0.3) is 0 Å². The van der Waals surface area contributed by atoms with E-state index >= 15 is 0 Å². The predicted octanol–water partition coefficient (Wildman–Crippen LogP) is 11.9. The van der Waals surface area contributed by atoms with Crippen molar-refractivity contribution in [1.29, 1.82) is 0 Å². The van der Waals surface area contributed by atoms with Crippen molar-refractivity contribution in [1.82, 2.24) is 19.5 Å². The Morgan fingerprint density at radius 3 is 1.76 bits per heavy atom. The molecule has 0 atom stereocenters. The number of benzene rings is 8. The van der Waals surface area contributed by atoms with Gasteiger partial charge in [-0.15, -0.1) is 0 Å². The van der Waals surface area contributed by atoms with Crippen molar-refractivity contribution in [3.8, 4) is 51.0 Å². The van der Waals surface area contributed by atoms with E-state index in [2.05, 4.69) is 47.0 Å². The molecular formula is C47H30N4. The summed E-state index contributed by atoms with van der Waals surface area (Å²) in [5, 5.41) is 3.76. The maximum Gasteiger partial charge on any atom is 0.166 e. The molecule has 0 spiro atoms. The first kappa shape index (κ1) is 22.7. The average molecular weight is 658 g/mol. The van der Waals surface area contributed by atoms with E-state index in [-0.39, 0.29) is 34.5 Å². The third-order valence-electron chi connectivity index (χ3n) is 9.27. The van der Waals surface area contributed by atoms with Gasteiger partial charge < -0.3 is 4.57 Å². The van der Waals surface area contributed by atoms with Crippen LogP contribution < -0.4 is 0 Å². The molecule has 0 unspecified atom stereocenters. The summed E-state index contributed by atoms with van der Waals surface area (Å²) in [5.41, 5.74) is 6.15. The van der Waals surface area contributed by atoms with Crippen LogP contribution in [-0.2, 0) is 0 Å². The molecule has 8 aromatic carbocycles. The Kier molecular flexibility index (Phi) is 5.29. The highest BCUT2D eigenvalue weighted by Crippen LogP contribution is 2.36. The van der Waals surface area contributed by atoms with Crippen LogP contribution in [0.1, 0.15) is 9.60 Å². The molecule has 4 heteroatoms. The highest BCUT2D eigenvalue weighted by Gasteiger charge is 2.19. The second-order valence-corrected chi connectivity index (χ2v) is 12.3. The summed E-state index contributed by atoms with van der Waals surface area (Å²) in [7, 11) is 0. The van der Waals surface area contributed by atoms with E-state index in [0.717, 1.165) is 55.0 Å². The Bertz CT molecular complexity index is 3270. The molecule has 2 aromatic heterocycles. The summed E-state index contributed by atoms with van der Waals surface area (Å²) in [6.45, 7) is 0. The van der Waals surface area contributed by atoms with Crippen LogP contribution in [0.15, 0.2) is 182 Å². The average Bonchev–Trinajstić information content (AvgIpc) is 3.60. The van der Waals surface area contributed by atoms with Gasteiger partial charge in [-0.1, -0.05) is 139 Å². The highest BCUT2D eigenvalue weighted by molar-refractivity contribution is 6.09. The molecule has 10 rings (SSSR count). The Hall–Kier alpha value is -6.91. The maximum absolute atomic E-state index is 9.02. The molecule has 0 bridgehead atoms. The summed E-state index contributed by atoms with van der Waals surface area (Å²) in [4.78, 5) is 15.2. The molecule has 0 aliphatic carbocycles. The zero-order valence-electron chi connectivity index (χ0n) is 34.1. The monoisotopic (exact) mass is 657 g/mol. The fourth-order valence-corrected chi connectivity index (χ4v) is 6.85. The summed E-state index contributed by atoms with van der Waals surface area (Å²) >= 11 is 0. The summed E-state index contributed by atoms with van der Waals surface area (Å²) in [5.74, 6) is 1.53. The maximum atomic E-state index is 9.02. The minimum absolute atomic E-state index is 0.0722. The zero-order chi connectivity index (χ0) is 39.8. The van der Waals surface area contributed by atoms with Gasteiger partial charge in [0.05, 0.1) is 26.3 Å². The van der Waals surface area contributed by atoms with Gasteiger partial charge in [0.1, 0.15) is 0 Å². The van der Waals surface area contributed by atoms with E-state index in [0.29, 0.717) is 23.0 Å². The van der Waals surface area contributed by atoms with E-state index in [1.165, 1.54) is 0 Å². The van der Waals surface area contributed by atoms with Crippen LogP contribution >= 0.6 is 0 Å². The van der Waals surface area contributed by atoms with Crippen LogP contribution in [0, 0.1) is 0 Å². The lowest BCUT2D eigenvalue weighted by atomic mass is 9.98. The van der Waals surface area contributed by atoms with E-state index < -0.39 is 24.2 Å². The number of para-hydroxylation sites is 3. The molecule has 0 fully saturated rings. The highest BCUT2D eigenvalue weighted by atomic mass is 15.1. The van der Waals surface area contributed by atoms with Gasteiger partial charge >= 0.3 is 0 Å². The lowest BCUT2D eigenvalue weighted by Crippen LogP contribution is -2.03. The van der Waals surface area contributed by atoms with Crippen LogP contribution in [0.2, 0.25) is 0 Å². The smallest absolute Gasteiger partial charge is 0.166 e. The first-order chi connectivity index (χ1) is 28.2. The van der Waals surface area contributed by atoms with E-state index in [1.807, 2.05) is 91.0 Å². The first-order valence-electron chi connectivity index (χ1n) is 20.1. The SMILES string of the molecule is [2H]c1c([2H])c([2H])c2c([2H])c(-c3ccc4cc(-c5nc(-c6ccccc6)nc(-c6ccccc6-n6c7ccccc7c7ccccc76)n5)ccc4c3)c([2H])c([2H])c2c1[2H]. The third-order valence-corrected chi connectivity index (χ3v) is 9.27. The van der Waals surface area contributed by atoms with Gasteiger partial charge in [0.2, 0.25) is 0 Å². The Balaban J connectivity index is 1.13. The Labute approximate surface area is 304 Å². The molecule has 0 saturated carbocycles. The number of aromatic nitrogens is 4. The summed E-state index contributed by atoms with van der Waals surface area (Å²) in [6, 6.07) is 43.4. The molecule has 0 aliphatic rings. The van der Waals surface area contributed by atoms with Crippen LogP contribution in [0.4, 0.5) is 0 Å². The first-order valence-corrected chi connectivity index (χ1v) is 16.6. The molecule has 2 heterocycles. The van der Waals surface area contributed by atoms with Crippen LogP contribution in [0.25, 0.3) is 94.3 Å². The lowest BCUT2D eigenvalue weighted by molar-refractivity contribution is 1.06. The predicted molar refractivity (Wildman–Crippen MR) is 211 cm³/mol. The summed E-state index contributed by atoms with van der Waals surface area (Å²) in [6.07, 6.45) is 0. The molecule has 0 aliphatic heterocycles. The van der Waals surface area contributed by atoms with Crippen molar-refractivity contribution < 1.29 is 9.60 Å². The number of fused-ring (bicyclic) bond motifs is 5. The van der Waals surface area contributed by atoms with Crippen LogP contribution in [0.3, 0.4) is 0 Å². The second kappa shape index (κ2) is 11.9. The number of nitrogens with zero attached hydrogens (tertiary/aromatic N) is 4. The van der Waals surface area contributed by atoms with Gasteiger partial charge in [-0.2, -0.15) is 0 Å². The van der Waals surface area contributed by atoms with Gasteiger partial charge in [-0.3, -0.25) is 0 Å². The Morgan fingerprint density at radius 2 is 1.00 bits per heavy atom. The van der Waals surface area contributed by atoms with Crippen LogP contribution in [0.5, 0.6) is 0 Å². The summed E-state index contributed by atoms with van der Waals surface area (Å²) < 4.78 is 62.0. The molecule has 0 radical (unpaired) electrons. The zero-order valence-corrected chi connectivity index (χ0v) is 27.1. The lowest BCUT2D eigenvalue weighted by Gasteiger charge is -2.14. The van der Waals surface area contributed by atoms with Gasteiger partial charge in [0, 0.05) is 27.5 Å². The van der Waals surface area contributed by atoms with Gasteiger partial charge in [0.15, 0.2) is 17.5 Å². The fourth-order valence-electron chi connectivity index (χ4n) is 6.85. The van der Waals surface area contributed by atoms with E-state index in [9.17, 15) is 0 Å². The van der Waals surface area contributed by atoms with Crippen molar-refractivity contribution in [3.63, 3.8) is 0 Å². The number of hydrogen-bond acceptors (Lipinski definition) is 3. The van der Waals surface area contributed by atoms with Crippen molar-refractivity contribution in [2.75, 3.05) is 0 Å². The molecule has 0 N–H and O–H groups in total. The third kappa shape index (κ3) is 5.04. The number of rotatable bonds is 5. The minimum atomic E-state index is -0.493. The minimum Gasteiger partial charge on any atom is -0.309 e. The molecule has 51 heavy (non-hydrogen) atoms. The Morgan fingerprint density at radius 1 is 0.412 bits per heavy atom. The van der Waals surface area contributed by atoms with Gasteiger partial charge in [-0.25, -0.2) is 15.0 Å². The molecule has 0 amide bonds. The normalized spacial score (nSPS) is 13.5. The van der Waals surface area contributed by atoms with Crippen molar-refractivity contribution in [2.24, 2.45) is 0 Å². The second-order valence-electron chi connectivity index (χ2n) is 12.3. The van der Waals surface area contributed by atoms with Crippen molar-refractivity contribution >= 4 is 43.4 Å². The number of hydrogen-bond donors (Lipinski definition) is 0. The molecule has 238 valence electrons. The standard InChI is InChI=1S/C47H30N4/c1-2-13-32(14-3-1)45-48-46(38-27-26-36-29-35(24-25-37(36)30-38)34-23-22-31-12-4-5-15-33(31)28-34)50-47(49-45)41-18-8-11-21-44(41)51-42-19-9-6-16-39(42)40-17-7-10-20-43(40)51/h1-30H/i4D,5D,12D,15D,22D,23D,28D. The van der Waals surface area contributed by atoms with Crippen molar-refractivity contribution in [2.45, 2.75) is 0 Å². The quantitative estimate of drug-likeness (QED) is 0.185. The van der Waals surface area contributed by atoms with Crippen molar-refractivity contribution in [3.05, 3.63) is 182 Å². The fraction of sp³-hybridized carbons (Fsp3) is 0. The van der Waals surface area contributed by atoms with Gasteiger partial charge in [-0.05, 0) is 75.1 Å². The molecular weight excluding hydrogens is 621 g/mol. The topological polar surface area (TPSA) is 43.6 Å². The molecule has 10 aromatic rings. The molecule has 0 saturated heterocycles. The van der Waals surface area contributed by atoms with E-state index in [1.54, 1.807) is 6.07 Å². The molecule has 4 nitrogen and oxygen atoms in total. The van der Waals surface area contributed by atoms with E-state index in [4.69, 9.17) is 24.5 Å².